The van der Waals surface area contributed by atoms with Gasteiger partial charge < -0.3 is 15.4 Å². The summed E-state index contributed by atoms with van der Waals surface area (Å²) in [7, 11) is 1.67. The molecule has 1 aromatic rings. The fourth-order valence-electron chi connectivity index (χ4n) is 1.87. The van der Waals surface area contributed by atoms with E-state index in [-0.39, 0.29) is 29.9 Å². The van der Waals surface area contributed by atoms with Gasteiger partial charge in [-0.15, -0.1) is 24.0 Å². The summed E-state index contributed by atoms with van der Waals surface area (Å²) in [6, 6.07) is 3.65. The first kappa shape index (κ1) is 21.0. The van der Waals surface area contributed by atoms with Crippen LogP contribution in [0.15, 0.2) is 23.2 Å². The van der Waals surface area contributed by atoms with E-state index in [1.54, 1.807) is 7.05 Å². The van der Waals surface area contributed by atoms with E-state index in [4.69, 9.17) is 4.74 Å². The normalized spacial score (nSPS) is 12.5. The van der Waals surface area contributed by atoms with Crippen LogP contribution >= 0.6 is 24.0 Å². The summed E-state index contributed by atoms with van der Waals surface area (Å²) in [6.45, 7) is 6.22. The van der Waals surface area contributed by atoms with Crippen molar-refractivity contribution in [2.24, 2.45) is 4.99 Å². The predicted octanol–water partition coefficient (Wildman–Crippen LogP) is 2.89. The van der Waals surface area contributed by atoms with Crippen molar-refractivity contribution in [2.75, 3.05) is 33.4 Å². The Morgan fingerprint density at radius 1 is 1.32 bits per heavy atom. The third-order valence-corrected chi connectivity index (χ3v) is 3.04. The Morgan fingerprint density at radius 2 is 2.05 bits per heavy atom. The molecule has 0 amide bonds. The minimum atomic E-state index is -0.565. The van der Waals surface area contributed by atoms with Crippen molar-refractivity contribution in [1.82, 2.24) is 10.6 Å². The molecule has 0 heterocycles. The van der Waals surface area contributed by atoms with Crippen LogP contribution in [0.1, 0.15) is 25.3 Å². The Kier molecular flexibility index (Phi) is 11.1. The molecule has 4 nitrogen and oxygen atoms in total. The van der Waals surface area contributed by atoms with Crippen molar-refractivity contribution in [2.45, 2.75) is 19.8 Å². The van der Waals surface area contributed by atoms with Gasteiger partial charge in [0.2, 0.25) is 0 Å². The van der Waals surface area contributed by atoms with E-state index in [0.29, 0.717) is 37.8 Å². The molecule has 22 heavy (non-hydrogen) atoms. The van der Waals surface area contributed by atoms with E-state index >= 15 is 0 Å². The van der Waals surface area contributed by atoms with Crippen LogP contribution in [0.25, 0.3) is 0 Å². The molecule has 1 unspecified atom stereocenters. The number of halogens is 3. The molecule has 7 heteroatoms. The largest absolute Gasteiger partial charge is 0.380 e. The third kappa shape index (κ3) is 7.35. The standard InChI is InChI=1S/C15H23F2N3O.HI/c1-4-21-8-7-19-15(18-3)20-10-11(2)13-6-5-12(16)9-14(13)17;/h5-6,9,11H,4,7-8,10H2,1-3H3,(H2,18,19,20);1H. The number of hydrogen-bond acceptors (Lipinski definition) is 2. The molecule has 0 spiro atoms. The molecule has 0 saturated heterocycles. The minimum Gasteiger partial charge on any atom is -0.380 e. The number of guanidine groups is 1. The number of nitrogens with zero attached hydrogens (tertiary/aromatic N) is 1. The van der Waals surface area contributed by atoms with Crippen molar-refractivity contribution < 1.29 is 13.5 Å². The van der Waals surface area contributed by atoms with Gasteiger partial charge in [-0.05, 0) is 18.6 Å². The van der Waals surface area contributed by atoms with Crippen molar-refractivity contribution >= 4 is 29.9 Å². The summed E-state index contributed by atoms with van der Waals surface area (Å²) in [5, 5.41) is 6.20. The number of nitrogens with one attached hydrogen (secondary N) is 2. The molecule has 1 atom stereocenters. The molecule has 0 aliphatic carbocycles. The first-order valence-corrected chi connectivity index (χ1v) is 7.05. The van der Waals surface area contributed by atoms with Crippen LogP contribution in [0.3, 0.4) is 0 Å². The topological polar surface area (TPSA) is 45.6 Å². The van der Waals surface area contributed by atoms with Crippen LogP contribution in [-0.4, -0.2) is 39.3 Å². The first-order valence-electron chi connectivity index (χ1n) is 7.05. The fourth-order valence-corrected chi connectivity index (χ4v) is 1.87. The Balaban J connectivity index is 0.00000441. The SMILES string of the molecule is CCOCCNC(=NC)NCC(C)c1ccc(F)cc1F.I. The van der Waals surface area contributed by atoms with Crippen LogP contribution in [-0.2, 0) is 4.74 Å². The second-order valence-corrected chi connectivity index (χ2v) is 4.64. The van der Waals surface area contributed by atoms with Gasteiger partial charge in [-0.1, -0.05) is 13.0 Å². The minimum absolute atomic E-state index is 0. The second kappa shape index (κ2) is 11.6. The van der Waals surface area contributed by atoms with Gasteiger partial charge in [-0.25, -0.2) is 8.78 Å². The van der Waals surface area contributed by atoms with Crippen molar-refractivity contribution in [1.29, 1.82) is 0 Å². The molecule has 0 bridgehead atoms. The zero-order chi connectivity index (χ0) is 15.7. The molecule has 1 aromatic carbocycles. The lowest BCUT2D eigenvalue weighted by molar-refractivity contribution is 0.152. The number of ether oxygens (including phenoxy) is 1. The van der Waals surface area contributed by atoms with Crippen molar-refractivity contribution in [3.05, 3.63) is 35.4 Å². The maximum absolute atomic E-state index is 13.7. The average molecular weight is 427 g/mol. The van der Waals surface area contributed by atoms with Crippen LogP contribution in [0, 0.1) is 11.6 Å². The highest BCUT2D eigenvalue weighted by Crippen LogP contribution is 2.18. The zero-order valence-corrected chi connectivity index (χ0v) is 15.5. The van der Waals surface area contributed by atoms with Crippen LogP contribution < -0.4 is 10.6 Å². The second-order valence-electron chi connectivity index (χ2n) is 4.64. The summed E-state index contributed by atoms with van der Waals surface area (Å²) >= 11 is 0. The molecular formula is C15H24F2IN3O. The van der Waals surface area contributed by atoms with E-state index < -0.39 is 11.6 Å². The Bertz CT molecular complexity index is 472. The van der Waals surface area contributed by atoms with Gasteiger partial charge >= 0.3 is 0 Å². The van der Waals surface area contributed by atoms with E-state index in [9.17, 15) is 8.78 Å². The summed E-state index contributed by atoms with van der Waals surface area (Å²) < 4.78 is 31.8. The van der Waals surface area contributed by atoms with Crippen LogP contribution in [0.2, 0.25) is 0 Å². The number of rotatable bonds is 7. The van der Waals surface area contributed by atoms with Gasteiger partial charge in [-0.2, -0.15) is 0 Å². The zero-order valence-electron chi connectivity index (χ0n) is 13.2. The summed E-state index contributed by atoms with van der Waals surface area (Å²) in [4.78, 5) is 4.07. The summed E-state index contributed by atoms with van der Waals surface area (Å²) in [5.74, 6) is -0.562. The first-order chi connectivity index (χ1) is 10.1. The van der Waals surface area contributed by atoms with Crippen molar-refractivity contribution in [3.63, 3.8) is 0 Å². The molecule has 0 aliphatic heterocycles. The molecule has 0 aliphatic rings. The highest BCUT2D eigenvalue weighted by atomic mass is 127. The number of benzene rings is 1. The molecule has 1 rings (SSSR count). The Morgan fingerprint density at radius 3 is 2.64 bits per heavy atom. The van der Waals surface area contributed by atoms with Gasteiger partial charge in [0.05, 0.1) is 6.61 Å². The molecule has 0 fully saturated rings. The van der Waals surface area contributed by atoms with Gasteiger partial charge in [0.25, 0.3) is 0 Å². The van der Waals surface area contributed by atoms with Gasteiger partial charge in [0.1, 0.15) is 11.6 Å². The average Bonchev–Trinajstić information content (AvgIpc) is 2.46. The lowest BCUT2D eigenvalue weighted by atomic mass is 10.0. The molecule has 0 aromatic heterocycles. The molecule has 0 radical (unpaired) electrons. The van der Waals surface area contributed by atoms with E-state index in [1.807, 2.05) is 13.8 Å². The van der Waals surface area contributed by atoms with Gasteiger partial charge in [-0.3, -0.25) is 4.99 Å². The summed E-state index contributed by atoms with van der Waals surface area (Å²) in [5.41, 5.74) is 0.480. The maximum atomic E-state index is 13.7. The maximum Gasteiger partial charge on any atom is 0.191 e. The smallest absolute Gasteiger partial charge is 0.191 e. The third-order valence-electron chi connectivity index (χ3n) is 3.04. The van der Waals surface area contributed by atoms with Gasteiger partial charge in [0.15, 0.2) is 5.96 Å². The Labute approximate surface area is 147 Å². The highest BCUT2D eigenvalue weighted by molar-refractivity contribution is 14.0. The van der Waals surface area contributed by atoms with Crippen LogP contribution in [0.4, 0.5) is 8.78 Å². The quantitative estimate of drug-likeness (QED) is 0.305. The van der Waals surface area contributed by atoms with Crippen LogP contribution in [0.5, 0.6) is 0 Å². The van der Waals surface area contributed by atoms with Crippen molar-refractivity contribution in [3.8, 4) is 0 Å². The fraction of sp³-hybridized carbons (Fsp3) is 0.533. The summed E-state index contributed by atoms with van der Waals surface area (Å²) in [6.07, 6.45) is 0. The number of hydrogen-bond donors (Lipinski definition) is 2. The predicted molar refractivity (Wildman–Crippen MR) is 96.0 cm³/mol. The Hall–Kier alpha value is -0.960. The van der Waals surface area contributed by atoms with E-state index in [0.717, 1.165) is 6.07 Å². The molecule has 0 saturated carbocycles. The number of aliphatic imine (C=N–C) groups is 1. The molecule has 2 N–H and O–H groups in total. The van der Waals surface area contributed by atoms with Gasteiger partial charge in [0, 0.05) is 38.7 Å². The highest BCUT2D eigenvalue weighted by Gasteiger charge is 2.12. The lowest BCUT2D eigenvalue weighted by Gasteiger charge is -2.17. The molecule has 126 valence electrons. The van der Waals surface area contributed by atoms with E-state index in [1.165, 1.54) is 12.1 Å². The van der Waals surface area contributed by atoms with E-state index in [2.05, 4.69) is 15.6 Å². The lowest BCUT2D eigenvalue weighted by Crippen LogP contribution is -2.40. The monoisotopic (exact) mass is 427 g/mol. The molecular weight excluding hydrogens is 403 g/mol.